The van der Waals surface area contributed by atoms with Crippen molar-refractivity contribution >= 4 is 18.1 Å². The Hall–Kier alpha value is -1.39. The number of nitrogens with zero attached hydrogens (tertiary/aromatic N) is 2. The van der Waals surface area contributed by atoms with Gasteiger partial charge in [-0.25, -0.2) is 4.99 Å². The van der Waals surface area contributed by atoms with E-state index in [2.05, 4.69) is 15.3 Å². The number of carbonyl (C=O) groups excluding carboxylic acids is 1. The van der Waals surface area contributed by atoms with Crippen LogP contribution < -0.4 is 11.1 Å². The summed E-state index contributed by atoms with van der Waals surface area (Å²) in [4.78, 5) is 19.1. The van der Waals surface area contributed by atoms with E-state index in [0.29, 0.717) is 6.42 Å². The second-order valence-corrected chi connectivity index (χ2v) is 2.59. The highest BCUT2D eigenvalue weighted by Crippen LogP contribution is 2.20. The molecule has 5 heteroatoms. The number of carbonyl (C=O) groups is 1. The number of amides is 1. The molecule has 0 aliphatic carbocycles. The first kappa shape index (κ1) is 6.33. The zero-order chi connectivity index (χ0) is 7.84. The number of hydrogen-bond donors (Lipinski definition) is 2. The third kappa shape index (κ3) is 0.886. The quantitative estimate of drug-likeness (QED) is 0.459. The Kier molecular flexibility index (Phi) is 1.18. The fourth-order valence-electron chi connectivity index (χ4n) is 1.27. The lowest BCUT2D eigenvalue weighted by Crippen LogP contribution is -2.47. The molecule has 2 unspecified atom stereocenters. The highest BCUT2D eigenvalue weighted by atomic mass is 16.2. The maximum atomic E-state index is 11.1. The summed E-state index contributed by atoms with van der Waals surface area (Å²) in [7, 11) is 0. The molecule has 2 heterocycles. The van der Waals surface area contributed by atoms with Gasteiger partial charge in [0.05, 0.1) is 5.92 Å². The zero-order valence-corrected chi connectivity index (χ0v) is 5.82. The van der Waals surface area contributed by atoms with E-state index in [9.17, 15) is 4.79 Å². The highest BCUT2D eigenvalue weighted by Gasteiger charge is 2.34. The van der Waals surface area contributed by atoms with Crippen molar-refractivity contribution in [1.82, 2.24) is 5.32 Å². The molecule has 2 rings (SSSR count). The van der Waals surface area contributed by atoms with Crippen LogP contribution in [-0.2, 0) is 4.79 Å². The number of rotatable bonds is 0. The standard InChI is InChI=1S/C6H8N4O/c7-6-9-4-3(1-2-8-4)5(11)10-6/h2-4H,1H2,(H3,7,9,10,11). The minimum atomic E-state index is -0.260. The summed E-state index contributed by atoms with van der Waals surface area (Å²) in [6.45, 7) is 0. The third-order valence-corrected chi connectivity index (χ3v) is 1.84. The summed E-state index contributed by atoms with van der Waals surface area (Å²) in [6.07, 6.45) is 2.13. The van der Waals surface area contributed by atoms with Crippen molar-refractivity contribution in [2.45, 2.75) is 12.6 Å². The molecule has 1 amide bonds. The van der Waals surface area contributed by atoms with Gasteiger partial charge in [0.2, 0.25) is 5.91 Å². The Morgan fingerprint density at radius 3 is 3.36 bits per heavy atom. The SMILES string of the molecule is NC1=NC2N=CCC2C(=O)N1. The molecule has 58 valence electrons. The lowest BCUT2D eigenvalue weighted by Gasteiger charge is -2.19. The molecule has 0 saturated heterocycles. The van der Waals surface area contributed by atoms with Crippen LogP contribution >= 0.6 is 0 Å². The summed E-state index contributed by atoms with van der Waals surface area (Å²) in [5.74, 6) is -0.0161. The lowest BCUT2D eigenvalue weighted by atomic mass is 10.0. The molecule has 0 bridgehead atoms. The molecule has 0 spiro atoms. The van der Waals surface area contributed by atoms with Crippen LogP contribution in [0.2, 0.25) is 0 Å². The number of nitrogens with two attached hydrogens (primary N) is 1. The first-order valence-electron chi connectivity index (χ1n) is 3.43. The van der Waals surface area contributed by atoms with E-state index >= 15 is 0 Å². The molecule has 11 heavy (non-hydrogen) atoms. The molecule has 5 nitrogen and oxygen atoms in total. The minimum absolute atomic E-state index is 0.0694. The zero-order valence-electron chi connectivity index (χ0n) is 5.82. The molecule has 2 aliphatic heterocycles. The van der Waals surface area contributed by atoms with Gasteiger partial charge in [-0.3, -0.25) is 15.1 Å². The van der Waals surface area contributed by atoms with Gasteiger partial charge in [-0.15, -0.1) is 0 Å². The molecule has 0 radical (unpaired) electrons. The van der Waals surface area contributed by atoms with Crippen molar-refractivity contribution in [2.75, 3.05) is 0 Å². The van der Waals surface area contributed by atoms with Gasteiger partial charge in [0, 0.05) is 6.21 Å². The summed E-state index contributed by atoms with van der Waals surface area (Å²) >= 11 is 0. The Labute approximate surface area is 63.4 Å². The normalized spacial score (nSPS) is 34.5. The maximum absolute atomic E-state index is 11.1. The number of aliphatic imine (C=N–C) groups is 2. The molecular formula is C6H8N4O. The van der Waals surface area contributed by atoms with Crippen LogP contribution in [-0.4, -0.2) is 24.2 Å². The summed E-state index contributed by atoms with van der Waals surface area (Å²) in [5.41, 5.74) is 5.33. The number of nitrogens with one attached hydrogen (secondary N) is 1. The molecule has 2 aliphatic rings. The molecule has 0 saturated carbocycles. The highest BCUT2D eigenvalue weighted by molar-refractivity contribution is 6.01. The third-order valence-electron chi connectivity index (χ3n) is 1.84. The number of hydrogen-bond acceptors (Lipinski definition) is 4. The van der Waals surface area contributed by atoms with E-state index in [4.69, 9.17) is 5.73 Å². The summed E-state index contributed by atoms with van der Waals surface area (Å²) in [6, 6.07) is 0. The van der Waals surface area contributed by atoms with Crippen molar-refractivity contribution in [3.63, 3.8) is 0 Å². The lowest BCUT2D eigenvalue weighted by molar-refractivity contribution is -0.124. The van der Waals surface area contributed by atoms with Crippen molar-refractivity contribution < 1.29 is 4.79 Å². The van der Waals surface area contributed by atoms with Gasteiger partial charge in [0.15, 0.2) is 12.1 Å². The van der Waals surface area contributed by atoms with Gasteiger partial charge in [-0.05, 0) is 6.42 Å². The van der Waals surface area contributed by atoms with Crippen LogP contribution in [0.4, 0.5) is 0 Å². The number of fused-ring (bicyclic) bond motifs is 1. The molecule has 0 aromatic rings. The van der Waals surface area contributed by atoms with Crippen LogP contribution in [0.1, 0.15) is 6.42 Å². The first-order valence-corrected chi connectivity index (χ1v) is 3.43. The van der Waals surface area contributed by atoms with Gasteiger partial charge in [-0.1, -0.05) is 0 Å². The van der Waals surface area contributed by atoms with Crippen LogP contribution in [0.25, 0.3) is 0 Å². The smallest absolute Gasteiger partial charge is 0.234 e. The fraction of sp³-hybridized carbons (Fsp3) is 0.500. The molecule has 0 aromatic carbocycles. The predicted molar refractivity (Wildman–Crippen MR) is 40.2 cm³/mol. The van der Waals surface area contributed by atoms with Crippen molar-refractivity contribution in [2.24, 2.45) is 21.6 Å². The van der Waals surface area contributed by atoms with E-state index in [1.54, 1.807) is 6.21 Å². The van der Waals surface area contributed by atoms with Crippen molar-refractivity contribution in [3.05, 3.63) is 0 Å². The Morgan fingerprint density at radius 1 is 1.73 bits per heavy atom. The average Bonchev–Trinajstić information content (AvgIpc) is 2.34. The summed E-state index contributed by atoms with van der Waals surface area (Å²) in [5, 5.41) is 2.46. The molecular weight excluding hydrogens is 144 g/mol. The summed E-state index contributed by atoms with van der Waals surface area (Å²) < 4.78 is 0. The Bertz CT molecular complexity index is 257. The van der Waals surface area contributed by atoms with E-state index in [1.807, 2.05) is 0 Å². The van der Waals surface area contributed by atoms with Crippen LogP contribution in [0.5, 0.6) is 0 Å². The van der Waals surface area contributed by atoms with Gasteiger partial charge in [-0.2, -0.15) is 0 Å². The van der Waals surface area contributed by atoms with Gasteiger partial charge < -0.3 is 5.73 Å². The van der Waals surface area contributed by atoms with Crippen LogP contribution in [0.3, 0.4) is 0 Å². The largest absolute Gasteiger partial charge is 0.370 e. The van der Waals surface area contributed by atoms with E-state index in [0.717, 1.165) is 0 Å². The van der Waals surface area contributed by atoms with Crippen molar-refractivity contribution in [1.29, 1.82) is 0 Å². The first-order chi connectivity index (χ1) is 5.27. The topological polar surface area (TPSA) is 79.8 Å². The molecule has 0 fully saturated rings. The van der Waals surface area contributed by atoms with Gasteiger partial charge >= 0.3 is 0 Å². The maximum Gasteiger partial charge on any atom is 0.234 e. The van der Waals surface area contributed by atoms with E-state index in [1.165, 1.54) is 0 Å². The molecule has 3 N–H and O–H groups in total. The monoisotopic (exact) mass is 152 g/mol. The van der Waals surface area contributed by atoms with Crippen molar-refractivity contribution in [3.8, 4) is 0 Å². The molecule has 0 aromatic heterocycles. The average molecular weight is 152 g/mol. The second kappa shape index (κ2) is 2.05. The second-order valence-electron chi connectivity index (χ2n) is 2.59. The van der Waals surface area contributed by atoms with E-state index in [-0.39, 0.29) is 24.0 Å². The Balaban J connectivity index is 2.30. The number of guanidine groups is 1. The Morgan fingerprint density at radius 2 is 2.55 bits per heavy atom. The van der Waals surface area contributed by atoms with Crippen LogP contribution in [0.15, 0.2) is 9.98 Å². The fourth-order valence-corrected chi connectivity index (χ4v) is 1.27. The molecule has 2 atom stereocenters. The van der Waals surface area contributed by atoms with Gasteiger partial charge in [0.1, 0.15) is 0 Å². The van der Waals surface area contributed by atoms with E-state index < -0.39 is 0 Å². The minimum Gasteiger partial charge on any atom is -0.370 e. The van der Waals surface area contributed by atoms with Gasteiger partial charge in [0.25, 0.3) is 0 Å². The predicted octanol–water partition coefficient (Wildman–Crippen LogP) is -1.15. The van der Waals surface area contributed by atoms with Crippen LogP contribution in [0, 0.1) is 5.92 Å².